The van der Waals surface area contributed by atoms with Crippen LogP contribution in [-0.2, 0) is 6.54 Å². The van der Waals surface area contributed by atoms with Crippen LogP contribution in [0.2, 0.25) is 0 Å². The summed E-state index contributed by atoms with van der Waals surface area (Å²) < 4.78 is 40.0. The molecule has 0 aliphatic heterocycles. The van der Waals surface area contributed by atoms with Gasteiger partial charge < -0.3 is 10.5 Å². The predicted molar refractivity (Wildman–Crippen MR) is 70.2 cm³/mol. The Kier molecular flexibility index (Phi) is 4.55. The van der Waals surface area contributed by atoms with Crippen molar-refractivity contribution in [3.63, 3.8) is 0 Å². The van der Waals surface area contributed by atoms with Gasteiger partial charge in [0.1, 0.15) is 5.75 Å². The highest BCUT2D eigenvalue weighted by molar-refractivity contribution is 5.27. The van der Waals surface area contributed by atoms with Crippen LogP contribution in [0.4, 0.5) is 13.2 Å². The fraction of sp³-hybridized carbons (Fsp3) is 0.571. The third-order valence-corrected chi connectivity index (χ3v) is 3.56. The van der Waals surface area contributed by atoms with Crippen molar-refractivity contribution in [3.05, 3.63) is 29.8 Å². The Bertz CT molecular complexity index is 429. The molecule has 1 atom stereocenters. The van der Waals surface area contributed by atoms with E-state index in [0.717, 1.165) is 5.56 Å². The highest BCUT2D eigenvalue weighted by atomic mass is 19.4. The fourth-order valence-corrected chi connectivity index (χ4v) is 2.42. The van der Waals surface area contributed by atoms with Gasteiger partial charge in [-0.3, -0.25) is 4.90 Å². The molecule has 6 heteroatoms. The quantitative estimate of drug-likeness (QED) is 0.874. The number of nitrogens with zero attached hydrogens (tertiary/aromatic N) is 1. The first-order valence-corrected chi connectivity index (χ1v) is 6.64. The zero-order valence-corrected chi connectivity index (χ0v) is 11.4. The summed E-state index contributed by atoms with van der Waals surface area (Å²) in [5.41, 5.74) is 6.72. The van der Waals surface area contributed by atoms with E-state index < -0.39 is 6.36 Å². The SMILES string of the molecule is CN(Cc1ccc(OC(F)(F)F)cc1)C(CN)C1CC1. The first kappa shape index (κ1) is 15.1. The van der Waals surface area contributed by atoms with Crippen LogP contribution in [0.1, 0.15) is 18.4 Å². The molecule has 1 aromatic carbocycles. The van der Waals surface area contributed by atoms with Gasteiger partial charge in [-0.1, -0.05) is 12.1 Å². The minimum absolute atomic E-state index is 0.193. The summed E-state index contributed by atoms with van der Waals surface area (Å²) in [5.74, 6) is 0.472. The zero-order chi connectivity index (χ0) is 14.8. The molecule has 0 spiro atoms. The Hall–Kier alpha value is -1.27. The molecule has 0 bridgehead atoms. The van der Waals surface area contributed by atoms with Gasteiger partial charge in [-0.05, 0) is 43.5 Å². The second kappa shape index (κ2) is 6.01. The molecule has 1 aromatic rings. The summed E-state index contributed by atoms with van der Waals surface area (Å²) in [5, 5.41) is 0. The molecule has 1 fully saturated rings. The van der Waals surface area contributed by atoms with E-state index in [4.69, 9.17) is 5.73 Å². The molecule has 0 amide bonds. The van der Waals surface area contributed by atoms with Crippen molar-refractivity contribution in [3.8, 4) is 5.75 Å². The largest absolute Gasteiger partial charge is 0.573 e. The van der Waals surface area contributed by atoms with E-state index >= 15 is 0 Å². The second-order valence-corrected chi connectivity index (χ2v) is 5.25. The molecule has 0 saturated heterocycles. The summed E-state index contributed by atoms with van der Waals surface area (Å²) in [7, 11) is 2.00. The molecule has 3 nitrogen and oxygen atoms in total. The van der Waals surface area contributed by atoms with Crippen LogP contribution in [0.5, 0.6) is 5.75 Å². The van der Waals surface area contributed by atoms with E-state index in [-0.39, 0.29) is 5.75 Å². The Labute approximate surface area is 116 Å². The number of rotatable bonds is 6. The number of likely N-dealkylation sites (N-methyl/N-ethyl adjacent to an activating group) is 1. The van der Waals surface area contributed by atoms with Crippen molar-refractivity contribution in [2.45, 2.75) is 31.8 Å². The topological polar surface area (TPSA) is 38.5 Å². The third-order valence-electron chi connectivity index (χ3n) is 3.56. The molecule has 2 N–H and O–H groups in total. The monoisotopic (exact) mass is 288 g/mol. The van der Waals surface area contributed by atoms with Crippen LogP contribution in [0.25, 0.3) is 0 Å². The van der Waals surface area contributed by atoms with Gasteiger partial charge in [0.05, 0.1) is 0 Å². The van der Waals surface area contributed by atoms with Gasteiger partial charge >= 0.3 is 6.36 Å². The second-order valence-electron chi connectivity index (χ2n) is 5.25. The number of halogens is 3. The third kappa shape index (κ3) is 4.38. The van der Waals surface area contributed by atoms with Crippen LogP contribution >= 0.6 is 0 Å². The molecule has 0 aromatic heterocycles. The van der Waals surface area contributed by atoms with Crippen LogP contribution in [0, 0.1) is 5.92 Å². The Morgan fingerprint density at radius 2 is 1.90 bits per heavy atom. The van der Waals surface area contributed by atoms with Crippen LogP contribution in [0.3, 0.4) is 0 Å². The number of nitrogens with two attached hydrogens (primary N) is 1. The summed E-state index contributed by atoms with van der Waals surface area (Å²) in [6.45, 7) is 1.28. The first-order valence-electron chi connectivity index (χ1n) is 6.64. The van der Waals surface area contributed by atoms with E-state index in [2.05, 4.69) is 9.64 Å². The summed E-state index contributed by atoms with van der Waals surface area (Å²) >= 11 is 0. The lowest BCUT2D eigenvalue weighted by Gasteiger charge is -2.27. The highest BCUT2D eigenvalue weighted by Crippen LogP contribution is 2.35. The molecule has 20 heavy (non-hydrogen) atoms. The maximum Gasteiger partial charge on any atom is 0.573 e. The minimum atomic E-state index is -4.64. The average Bonchev–Trinajstić information content (AvgIpc) is 3.15. The first-order chi connectivity index (χ1) is 9.39. The number of ether oxygens (including phenoxy) is 1. The average molecular weight is 288 g/mol. The van der Waals surface area contributed by atoms with Crippen molar-refractivity contribution in [2.75, 3.05) is 13.6 Å². The minimum Gasteiger partial charge on any atom is -0.406 e. The van der Waals surface area contributed by atoms with E-state index in [1.807, 2.05) is 7.05 Å². The van der Waals surface area contributed by atoms with Gasteiger partial charge in [0, 0.05) is 19.1 Å². The summed E-state index contributed by atoms with van der Waals surface area (Å²) in [6, 6.07) is 6.33. The van der Waals surface area contributed by atoms with Crippen molar-refractivity contribution in [1.29, 1.82) is 0 Å². The molecule has 0 heterocycles. The molecular weight excluding hydrogens is 269 g/mol. The van der Waals surface area contributed by atoms with Gasteiger partial charge in [-0.15, -0.1) is 13.2 Å². The molecule has 1 aliphatic rings. The van der Waals surface area contributed by atoms with Crippen molar-refractivity contribution >= 4 is 0 Å². The molecule has 1 saturated carbocycles. The van der Waals surface area contributed by atoms with E-state index in [0.29, 0.717) is 25.0 Å². The molecular formula is C14H19F3N2O. The summed E-state index contributed by atoms with van der Waals surface area (Å²) in [4.78, 5) is 2.16. The number of hydrogen-bond acceptors (Lipinski definition) is 3. The Balaban J connectivity index is 1.92. The molecule has 2 rings (SSSR count). The maximum atomic E-state index is 12.1. The van der Waals surface area contributed by atoms with Gasteiger partial charge in [0.2, 0.25) is 0 Å². The normalized spacial score (nSPS) is 17.3. The zero-order valence-electron chi connectivity index (χ0n) is 11.4. The smallest absolute Gasteiger partial charge is 0.406 e. The van der Waals surface area contributed by atoms with Gasteiger partial charge in [-0.25, -0.2) is 0 Å². The fourth-order valence-electron chi connectivity index (χ4n) is 2.42. The van der Waals surface area contributed by atoms with Crippen LogP contribution in [-0.4, -0.2) is 30.9 Å². The molecule has 1 aliphatic carbocycles. The lowest BCUT2D eigenvalue weighted by molar-refractivity contribution is -0.274. The maximum absolute atomic E-state index is 12.1. The van der Waals surface area contributed by atoms with Gasteiger partial charge in [0.25, 0.3) is 0 Å². The Morgan fingerprint density at radius 1 is 1.30 bits per heavy atom. The predicted octanol–water partition coefficient (Wildman–Crippen LogP) is 2.75. The number of alkyl halides is 3. The van der Waals surface area contributed by atoms with Crippen LogP contribution < -0.4 is 10.5 Å². The van der Waals surface area contributed by atoms with Crippen molar-refractivity contribution in [2.24, 2.45) is 11.7 Å². The van der Waals surface area contributed by atoms with Crippen molar-refractivity contribution < 1.29 is 17.9 Å². The van der Waals surface area contributed by atoms with E-state index in [1.54, 1.807) is 12.1 Å². The van der Waals surface area contributed by atoms with Gasteiger partial charge in [0.15, 0.2) is 0 Å². The lowest BCUT2D eigenvalue weighted by atomic mass is 10.1. The highest BCUT2D eigenvalue weighted by Gasteiger charge is 2.33. The van der Waals surface area contributed by atoms with Crippen LogP contribution in [0.15, 0.2) is 24.3 Å². The number of benzene rings is 1. The number of hydrogen-bond donors (Lipinski definition) is 1. The standard InChI is InChI=1S/C14H19F3N2O/c1-19(13(8-18)11-4-5-11)9-10-2-6-12(7-3-10)20-14(15,16)17/h2-3,6-7,11,13H,4-5,8-9,18H2,1H3. The van der Waals surface area contributed by atoms with E-state index in [1.165, 1.54) is 25.0 Å². The molecule has 112 valence electrons. The lowest BCUT2D eigenvalue weighted by Crippen LogP contribution is -2.39. The van der Waals surface area contributed by atoms with Crippen molar-refractivity contribution in [1.82, 2.24) is 4.90 Å². The van der Waals surface area contributed by atoms with Gasteiger partial charge in [-0.2, -0.15) is 0 Å². The Morgan fingerprint density at radius 3 is 2.35 bits per heavy atom. The van der Waals surface area contributed by atoms with E-state index in [9.17, 15) is 13.2 Å². The molecule has 1 unspecified atom stereocenters. The summed E-state index contributed by atoms with van der Waals surface area (Å²) in [6.07, 6.45) is -2.22. The molecule has 0 radical (unpaired) electrons.